The van der Waals surface area contributed by atoms with Gasteiger partial charge in [-0.1, -0.05) is 11.6 Å². The van der Waals surface area contributed by atoms with Gasteiger partial charge in [0.05, 0.1) is 18.1 Å². The summed E-state index contributed by atoms with van der Waals surface area (Å²) in [5, 5.41) is 3.47. The molecule has 23 heavy (non-hydrogen) atoms. The Labute approximate surface area is 140 Å². The van der Waals surface area contributed by atoms with E-state index in [9.17, 15) is 9.59 Å². The summed E-state index contributed by atoms with van der Waals surface area (Å²) >= 11 is 5.84. The Morgan fingerprint density at radius 3 is 2.61 bits per heavy atom. The fourth-order valence-corrected chi connectivity index (χ4v) is 3.28. The van der Waals surface area contributed by atoms with Gasteiger partial charge in [-0.15, -0.1) is 0 Å². The maximum absolute atomic E-state index is 12.4. The number of anilines is 1. The lowest BCUT2D eigenvalue weighted by molar-refractivity contribution is -0.135. The van der Waals surface area contributed by atoms with E-state index in [2.05, 4.69) is 5.32 Å². The number of urea groups is 1. The minimum absolute atomic E-state index is 0.0671. The number of amides is 3. The number of carbonyl (C=O) groups is 2. The SMILES string of the molecule is CN(C)C(=O)[C@@H]1C[C@H]2CN(C(=O)Nc3ccc(Cl)cc3)C[C@@H]1O2. The number of hydrogen-bond acceptors (Lipinski definition) is 3. The van der Waals surface area contributed by atoms with E-state index in [4.69, 9.17) is 16.3 Å². The molecule has 2 aliphatic rings. The molecule has 6 nitrogen and oxygen atoms in total. The fourth-order valence-electron chi connectivity index (χ4n) is 3.15. The van der Waals surface area contributed by atoms with E-state index in [0.717, 1.165) is 0 Å². The summed E-state index contributed by atoms with van der Waals surface area (Å²) < 4.78 is 5.84. The zero-order valence-corrected chi connectivity index (χ0v) is 13.9. The van der Waals surface area contributed by atoms with Crippen LogP contribution in [-0.4, -0.2) is 61.1 Å². The number of rotatable bonds is 2. The molecular formula is C16H20ClN3O3. The highest BCUT2D eigenvalue weighted by atomic mass is 35.5. The van der Waals surface area contributed by atoms with Crippen LogP contribution in [0.15, 0.2) is 24.3 Å². The summed E-state index contributed by atoms with van der Waals surface area (Å²) in [5.41, 5.74) is 0.694. The average Bonchev–Trinajstić information content (AvgIpc) is 2.82. The van der Waals surface area contributed by atoms with E-state index < -0.39 is 0 Å². The molecule has 0 saturated carbocycles. The molecule has 7 heteroatoms. The third-order valence-corrected chi connectivity index (χ3v) is 4.55. The zero-order valence-electron chi connectivity index (χ0n) is 13.2. The Morgan fingerprint density at radius 1 is 1.26 bits per heavy atom. The first-order chi connectivity index (χ1) is 10.9. The number of likely N-dealkylation sites (tertiary alicyclic amines) is 1. The number of benzene rings is 1. The van der Waals surface area contributed by atoms with Gasteiger partial charge in [-0.2, -0.15) is 0 Å². The van der Waals surface area contributed by atoms with Gasteiger partial charge in [0, 0.05) is 37.9 Å². The highest BCUT2D eigenvalue weighted by Gasteiger charge is 2.46. The van der Waals surface area contributed by atoms with E-state index in [1.165, 1.54) is 0 Å². The minimum Gasteiger partial charge on any atom is -0.370 e. The molecule has 0 spiro atoms. The van der Waals surface area contributed by atoms with Gasteiger partial charge in [-0.25, -0.2) is 4.79 Å². The number of morpholine rings is 1. The van der Waals surface area contributed by atoms with Crippen LogP contribution in [0.5, 0.6) is 0 Å². The average molecular weight is 338 g/mol. The molecule has 0 unspecified atom stereocenters. The third kappa shape index (κ3) is 3.43. The molecular weight excluding hydrogens is 318 g/mol. The smallest absolute Gasteiger partial charge is 0.322 e. The first-order valence-electron chi connectivity index (χ1n) is 7.62. The predicted molar refractivity (Wildman–Crippen MR) is 87.5 cm³/mol. The van der Waals surface area contributed by atoms with Gasteiger partial charge in [0.1, 0.15) is 0 Å². The van der Waals surface area contributed by atoms with Crippen LogP contribution in [0.4, 0.5) is 10.5 Å². The van der Waals surface area contributed by atoms with E-state index >= 15 is 0 Å². The van der Waals surface area contributed by atoms with E-state index in [1.807, 2.05) is 0 Å². The van der Waals surface area contributed by atoms with Gasteiger partial charge in [0.25, 0.3) is 0 Å². The Bertz CT molecular complexity index is 605. The molecule has 2 bridgehead atoms. The van der Waals surface area contributed by atoms with Crippen molar-refractivity contribution in [2.75, 3.05) is 32.5 Å². The summed E-state index contributed by atoms with van der Waals surface area (Å²) in [6.45, 7) is 0.938. The number of halogens is 1. The molecule has 2 aliphatic heterocycles. The van der Waals surface area contributed by atoms with Gasteiger partial charge < -0.3 is 19.9 Å². The van der Waals surface area contributed by atoms with Crippen molar-refractivity contribution in [1.29, 1.82) is 0 Å². The number of nitrogens with one attached hydrogen (secondary N) is 1. The number of hydrogen-bond donors (Lipinski definition) is 1. The normalized spacial score (nSPS) is 26.0. The van der Waals surface area contributed by atoms with Crippen molar-refractivity contribution >= 4 is 29.2 Å². The van der Waals surface area contributed by atoms with Crippen molar-refractivity contribution in [3.05, 3.63) is 29.3 Å². The molecule has 2 heterocycles. The zero-order chi connectivity index (χ0) is 16.6. The fraction of sp³-hybridized carbons (Fsp3) is 0.500. The predicted octanol–water partition coefficient (Wildman–Crippen LogP) is 2.05. The van der Waals surface area contributed by atoms with Crippen LogP contribution >= 0.6 is 11.6 Å². The lowest BCUT2D eigenvalue weighted by Gasteiger charge is -2.33. The molecule has 0 aromatic heterocycles. The van der Waals surface area contributed by atoms with Crippen LogP contribution < -0.4 is 5.32 Å². The molecule has 124 valence electrons. The molecule has 2 saturated heterocycles. The monoisotopic (exact) mass is 337 g/mol. The quantitative estimate of drug-likeness (QED) is 0.898. The molecule has 3 amide bonds. The minimum atomic E-state index is -0.223. The second-order valence-electron chi connectivity index (χ2n) is 6.21. The van der Waals surface area contributed by atoms with Gasteiger partial charge in [0.15, 0.2) is 0 Å². The molecule has 1 aromatic rings. The van der Waals surface area contributed by atoms with Crippen LogP contribution in [0.2, 0.25) is 5.02 Å². The van der Waals surface area contributed by atoms with Crippen molar-refractivity contribution in [3.8, 4) is 0 Å². The first kappa shape index (κ1) is 16.1. The summed E-state index contributed by atoms with van der Waals surface area (Å²) in [6.07, 6.45) is 0.380. The molecule has 0 aliphatic carbocycles. The van der Waals surface area contributed by atoms with Crippen LogP contribution in [0.3, 0.4) is 0 Å². The lowest BCUT2D eigenvalue weighted by Crippen LogP contribution is -2.49. The molecule has 1 N–H and O–H groups in total. The van der Waals surface area contributed by atoms with Crippen LogP contribution in [0.25, 0.3) is 0 Å². The maximum Gasteiger partial charge on any atom is 0.322 e. The topological polar surface area (TPSA) is 61.9 Å². The van der Waals surface area contributed by atoms with E-state index in [1.54, 1.807) is 48.2 Å². The van der Waals surface area contributed by atoms with Crippen LogP contribution in [0.1, 0.15) is 6.42 Å². The molecule has 0 radical (unpaired) electrons. The highest BCUT2D eigenvalue weighted by molar-refractivity contribution is 6.30. The van der Waals surface area contributed by atoms with Crippen molar-refractivity contribution in [2.24, 2.45) is 5.92 Å². The third-order valence-electron chi connectivity index (χ3n) is 4.30. The number of carbonyl (C=O) groups excluding carboxylic acids is 2. The van der Waals surface area contributed by atoms with Crippen LogP contribution in [0, 0.1) is 5.92 Å². The number of fused-ring (bicyclic) bond motifs is 2. The summed E-state index contributed by atoms with van der Waals surface area (Å²) in [5.74, 6) is -0.0965. The Balaban J connectivity index is 1.63. The van der Waals surface area contributed by atoms with Gasteiger partial charge in [-0.3, -0.25) is 4.79 Å². The Hall–Kier alpha value is -1.79. The summed E-state index contributed by atoms with van der Waals surface area (Å²) in [7, 11) is 3.49. The van der Waals surface area contributed by atoms with E-state index in [0.29, 0.717) is 30.2 Å². The maximum atomic E-state index is 12.4. The van der Waals surface area contributed by atoms with Gasteiger partial charge in [0.2, 0.25) is 5.91 Å². The summed E-state index contributed by atoms with van der Waals surface area (Å²) in [6, 6.07) is 6.79. The van der Waals surface area contributed by atoms with E-state index in [-0.39, 0.29) is 30.1 Å². The second kappa shape index (κ2) is 6.37. The molecule has 3 rings (SSSR count). The second-order valence-corrected chi connectivity index (χ2v) is 6.65. The lowest BCUT2D eigenvalue weighted by atomic mass is 9.99. The molecule has 2 fully saturated rings. The van der Waals surface area contributed by atoms with Gasteiger partial charge >= 0.3 is 6.03 Å². The highest BCUT2D eigenvalue weighted by Crippen LogP contribution is 2.33. The van der Waals surface area contributed by atoms with Crippen molar-refractivity contribution < 1.29 is 14.3 Å². The molecule has 1 aromatic carbocycles. The first-order valence-corrected chi connectivity index (χ1v) is 8.00. The number of ether oxygens (including phenoxy) is 1. The molecule has 3 atom stereocenters. The Kier molecular flexibility index (Phi) is 4.46. The standard InChI is InChI=1S/C16H20ClN3O3/c1-19(2)15(21)13-7-12-8-20(9-14(13)23-12)16(22)18-11-5-3-10(17)4-6-11/h3-6,12-14H,7-9H2,1-2H3,(H,18,22)/t12-,13+,14-/m0/s1. The number of nitrogens with zero attached hydrogens (tertiary/aromatic N) is 2. The largest absolute Gasteiger partial charge is 0.370 e. The van der Waals surface area contributed by atoms with Gasteiger partial charge in [-0.05, 0) is 30.7 Å². The van der Waals surface area contributed by atoms with Crippen LogP contribution in [-0.2, 0) is 9.53 Å². The van der Waals surface area contributed by atoms with Crippen molar-refractivity contribution in [1.82, 2.24) is 9.80 Å². The summed E-state index contributed by atoms with van der Waals surface area (Å²) in [4.78, 5) is 27.9. The Morgan fingerprint density at radius 2 is 1.96 bits per heavy atom. The van der Waals surface area contributed by atoms with Crippen molar-refractivity contribution in [2.45, 2.75) is 18.6 Å². The van der Waals surface area contributed by atoms with Crippen molar-refractivity contribution in [3.63, 3.8) is 0 Å².